The molecule has 0 radical (unpaired) electrons. The van der Waals surface area contributed by atoms with Crippen molar-refractivity contribution in [2.45, 2.75) is 20.4 Å². The fraction of sp³-hybridized carbons (Fsp3) is 0.214. The number of hydrogen-bond donors (Lipinski definition) is 1. The quantitative estimate of drug-likeness (QED) is 0.800. The first kappa shape index (κ1) is 14.0. The summed E-state index contributed by atoms with van der Waals surface area (Å²) in [5.41, 5.74) is 1.26. The number of carbonyl (C=O) groups excluding carboxylic acids is 1. The summed E-state index contributed by atoms with van der Waals surface area (Å²) in [6, 6.07) is 3.96. The molecule has 3 aromatic rings. The van der Waals surface area contributed by atoms with Crippen LogP contribution in [0.15, 0.2) is 27.3 Å². The molecular formula is C14H13N3O2S2. The molecule has 21 heavy (non-hydrogen) atoms. The summed E-state index contributed by atoms with van der Waals surface area (Å²) in [6.07, 6.45) is 0. The summed E-state index contributed by atoms with van der Waals surface area (Å²) in [5, 5.41) is 7.38. The highest BCUT2D eigenvalue weighted by Gasteiger charge is 2.13. The molecule has 0 saturated heterocycles. The van der Waals surface area contributed by atoms with Gasteiger partial charge in [-0.2, -0.15) is 0 Å². The van der Waals surface area contributed by atoms with Crippen LogP contribution in [0.1, 0.15) is 27.8 Å². The van der Waals surface area contributed by atoms with Crippen LogP contribution in [0.2, 0.25) is 0 Å². The summed E-state index contributed by atoms with van der Waals surface area (Å²) in [5.74, 6) is 1.06. The Bertz CT molecular complexity index is 740. The molecule has 0 aliphatic heterocycles. The Morgan fingerprint density at radius 2 is 2.19 bits per heavy atom. The first-order valence-electron chi connectivity index (χ1n) is 6.34. The van der Waals surface area contributed by atoms with Crippen LogP contribution >= 0.6 is 22.7 Å². The van der Waals surface area contributed by atoms with Crippen molar-refractivity contribution in [3.63, 3.8) is 0 Å². The molecule has 7 heteroatoms. The molecule has 0 aromatic carbocycles. The van der Waals surface area contributed by atoms with E-state index in [4.69, 9.17) is 4.42 Å². The lowest BCUT2D eigenvalue weighted by Gasteiger charge is -1.99. The Labute approximate surface area is 129 Å². The fourth-order valence-corrected chi connectivity index (χ4v) is 3.37. The third kappa shape index (κ3) is 3.03. The third-order valence-electron chi connectivity index (χ3n) is 2.94. The second-order valence-electron chi connectivity index (χ2n) is 4.45. The van der Waals surface area contributed by atoms with Gasteiger partial charge in [0.2, 0.25) is 5.89 Å². The van der Waals surface area contributed by atoms with Gasteiger partial charge in [-0.1, -0.05) is 6.07 Å². The van der Waals surface area contributed by atoms with Gasteiger partial charge in [0.25, 0.3) is 5.91 Å². The second-order valence-corrected chi connectivity index (χ2v) is 6.25. The SMILES string of the molecule is Cc1nc(CNC(=O)c2csc(-c3cccs3)n2)oc1C. The van der Waals surface area contributed by atoms with E-state index in [0.29, 0.717) is 11.6 Å². The molecule has 0 aliphatic rings. The summed E-state index contributed by atoms with van der Waals surface area (Å²) >= 11 is 3.07. The molecule has 0 aliphatic carbocycles. The molecule has 1 N–H and O–H groups in total. The monoisotopic (exact) mass is 319 g/mol. The summed E-state index contributed by atoms with van der Waals surface area (Å²) in [7, 11) is 0. The molecule has 5 nitrogen and oxygen atoms in total. The number of rotatable bonds is 4. The molecule has 3 rings (SSSR count). The standard InChI is InChI=1S/C14H13N3O2S2/c1-8-9(2)19-12(16-8)6-15-13(18)10-7-21-14(17-10)11-4-3-5-20-11/h3-5,7H,6H2,1-2H3,(H,15,18). The number of hydrogen-bond acceptors (Lipinski definition) is 6. The zero-order valence-corrected chi connectivity index (χ0v) is 13.2. The number of amides is 1. The van der Waals surface area contributed by atoms with E-state index in [1.54, 1.807) is 16.7 Å². The normalized spacial score (nSPS) is 10.8. The Kier molecular flexibility index (Phi) is 3.85. The number of nitrogens with zero attached hydrogens (tertiary/aromatic N) is 2. The number of nitrogens with one attached hydrogen (secondary N) is 1. The number of thiophene rings is 1. The van der Waals surface area contributed by atoms with E-state index in [1.165, 1.54) is 11.3 Å². The van der Waals surface area contributed by atoms with Crippen LogP contribution in [0.4, 0.5) is 0 Å². The lowest BCUT2D eigenvalue weighted by Crippen LogP contribution is -2.23. The topological polar surface area (TPSA) is 68.0 Å². The van der Waals surface area contributed by atoms with Crippen LogP contribution in [0.3, 0.4) is 0 Å². The molecule has 0 atom stereocenters. The molecule has 0 saturated carbocycles. The van der Waals surface area contributed by atoms with Crippen molar-refractivity contribution in [3.8, 4) is 9.88 Å². The van der Waals surface area contributed by atoms with E-state index in [-0.39, 0.29) is 12.5 Å². The lowest BCUT2D eigenvalue weighted by atomic mass is 10.4. The van der Waals surface area contributed by atoms with Gasteiger partial charge < -0.3 is 9.73 Å². The van der Waals surface area contributed by atoms with Crippen molar-refractivity contribution in [2.24, 2.45) is 0 Å². The lowest BCUT2D eigenvalue weighted by molar-refractivity contribution is 0.0943. The average molecular weight is 319 g/mol. The summed E-state index contributed by atoms with van der Waals surface area (Å²) in [6.45, 7) is 3.98. The number of aromatic nitrogens is 2. The van der Waals surface area contributed by atoms with Gasteiger partial charge >= 0.3 is 0 Å². The van der Waals surface area contributed by atoms with Gasteiger partial charge in [0.05, 0.1) is 17.1 Å². The summed E-state index contributed by atoms with van der Waals surface area (Å²) < 4.78 is 5.42. The van der Waals surface area contributed by atoms with Gasteiger partial charge in [-0.3, -0.25) is 4.79 Å². The first-order chi connectivity index (χ1) is 10.1. The maximum atomic E-state index is 12.1. The smallest absolute Gasteiger partial charge is 0.271 e. The van der Waals surface area contributed by atoms with E-state index >= 15 is 0 Å². The molecule has 3 heterocycles. The van der Waals surface area contributed by atoms with E-state index in [9.17, 15) is 4.79 Å². The molecular weight excluding hydrogens is 306 g/mol. The van der Waals surface area contributed by atoms with Crippen molar-refractivity contribution in [1.82, 2.24) is 15.3 Å². The fourth-order valence-electron chi connectivity index (χ4n) is 1.75. The summed E-state index contributed by atoms with van der Waals surface area (Å²) in [4.78, 5) is 21.7. The van der Waals surface area contributed by atoms with Crippen molar-refractivity contribution in [1.29, 1.82) is 0 Å². The minimum atomic E-state index is -0.220. The van der Waals surface area contributed by atoms with E-state index < -0.39 is 0 Å². The van der Waals surface area contributed by atoms with Gasteiger partial charge in [-0.25, -0.2) is 9.97 Å². The van der Waals surface area contributed by atoms with E-state index in [0.717, 1.165) is 21.3 Å². The number of aryl methyl sites for hydroxylation is 2. The maximum absolute atomic E-state index is 12.1. The molecule has 3 aromatic heterocycles. The van der Waals surface area contributed by atoms with Gasteiger partial charge in [0, 0.05) is 5.38 Å². The Morgan fingerprint density at radius 1 is 1.33 bits per heavy atom. The highest BCUT2D eigenvalue weighted by atomic mass is 32.1. The molecule has 1 amide bonds. The molecule has 108 valence electrons. The van der Waals surface area contributed by atoms with E-state index in [2.05, 4.69) is 15.3 Å². The van der Waals surface area contributed by atoms with Gasteiger partial charge in [-0.15, -0.1) is 22.7 Å². The molecule has 0 fully saturated rings. The van der Waals surface area contributed by atoms with E-state index in [1.807, 2.05) is 31.4 Å². The minimum Gasteiger partial charge on any atom is -0.444 e. The van der Waals surface area contributed by atoms with Gasteiger partial charge in [0.15, 0.2) is 0 Å². The Hall–Kier alpha value is -1.99. The zero-order valence-electron chi connectivity index (χ0n) is 11.5. The third-order valence-corrected chi connectivity index (χ3v) is 4.82. The van der Waals surface area contributed by atoms with Gasteiger partial charge in [-0.05, 0) is 25.3 Å². The molecule has 0 bridgehead atoms. The average Bonchev–Trinajstić information content (AvgIpc) is 3.17. The van der Waals surface area contributed by atoms with Crippen molar-refractivity contribution in [3.05, 3.63) is 45.9 Å². The zero-order chi connectivity index (χ0) is 14.8. The highest BCUT2D eigenvalue weighted by molar-refractivity contribution is 7.20. The predicted molar refractivity (Wildman–Crippen MR) is 82.6 cm³/mol. The van der Waals surface area contributed by atoms with Crippen molar-refractivity contribution >= 4 is 28.6 Å². The number of oxazole rings is 1. The van der Waals surface area contributed by atoms with Crippen LogP contribution in [0.25, 0.3) is 9.88 Å². The second kappa shape index (κ2) is 5.79. The van der Waals surface area contributed by atoms with Crippen LogP contribution in [0, 0.1) is 13.8 Å². The Morgan fingerprint density at radius 3 is 2.86 bits per heavy atom. The van der Waals surface area contributed by atoms with Crippen LogP contribution in [-0.4, -0.2) is 15.9 Å². The Balaban J connectivity index is 1.66. The molecule has 0 spiro atoms. The maximum Gasteiger partial charge on any atom is 0.271 e. The van der Waals surface area contributed by atoms with Crippen LogP contribution < -0.4 is 5.32 Å². The highest BCUT2D eigenvalue weighted by Crippen LogP contribution is 2.27. The number of carbonyl (C=O) groups is 1. The van der Waals surface area contributed by atoms with Crippen LogP contribution in [0.5, 0.6) is 0 Å². The van der Waals surface area contributed by atoms with Crippen molar-refractivity contribution in [2.75, 3.05) is 0 Å². The molecule has 0 unspecified atom stereocenters. The first-order valence-corrected chi connectivity index (χ1v) is 8.10. The van der Waals surface area contributed by atoms with Crippen LogP contribution in [-0.2, 0) is 6.54 Å². The largest absolute Gasteiger partial charge is 0.444 e. The van der Waals surface area contributed by atoms with Gasteiger partial charge in [0.1, 0.15) is 16.5 Å². The predicted octanol–water partition coefficient (Wildman–Crippen LogP) is 3.41. The minimum absolute atomic E-state index is 0.220. The number of thiazole rings is 1. The van der Waals surface area contributed by atoms with Crippen molar-refractivity contribution < 1.29 is 9.21 Å².